The summed E-state index contributed by atoms with van der Waals surface area (Å²) in [6.07, 6.45) is 2.34. The number of hydrogen-bond acceptors (Lipinski definition) is 4. The minimum absolute atomic E-state index is 0.0446. The third-order valence-electron chi connectivity index (χ3n) is 5.99. The van der Waals surface area contributed by atoms with Crippen LogP contribution in [0.15, 0.2) is 24.3 Å². The summed E-state index contributed by atoms with van der Waals surface area (Å²) in [4.78, 5) is 31.6. The van der Waals surface area contributed by atoms with Crippen molar-refractivity contribution in [2.45, 2.75) is 32.4 Å². The van der Waals surface area contributed by atoms with Crippen LogP contribution in [0.5, 0.6) is 0 Å². The van der Waals surface area contributed by atoms with Crippen LogP contribution in [-0.4, -0.2) is 72.5 Å². The molecule has 0 saturated carbocycles. The van der Waals surface area contributed by atoms with Crippen LogP contribution in [0.2, 0.25) is 0 Å². The fourth-order valence-corrected chi connectivity index (χ4v) is 4.42. The Hall–Kier alpha value is -1.92. The molecule has 146 valence electrons. The number of carbonyl (C=O) groups excluding carboxylic acids is 2. The lowest BCUT2D eigenvalue weighted by Gasteiger charge is -2.36. The number of likely N-dealkylation sites (tertiary alicyclic amines) is 1. The second kappa shape index (κ2) is 8.40. The van der Waals surface area contributed by atoms with Crippen LogP contribution in [0.4, 0.5) is 0 Å². The molecule has 2 amide bonds. The highest BCUT2D eigenvalue weighted by Gasteiger charge is 2.32. The summed E-state index contributed by atoms with van der Waals surface area (Å²) in [5, 5.41) is 0. The van der Waals surface area contributed by atoms with E-state index in [1.807, 2.05) is 9.80 Å². The molecule has 4 rings (SSSR count). The molecule has 0 bridgehead atoms. The molecule has 27 heavy (non-hydrogen) atoms. The summed E-state index contributed by atoms with van der Waals surface area (Å²) in [6, 6.07) is 8.49. The highest BCUT2D eigenvalue weighted by atomic mass is 16.5. The number of hydrogen-bond donors (Lipinski definition) is 0. The Labute approximate surface area is 161 Å². The quantitative estimate of drug-likeness (QED) is 0.805. The van der Waals surface area contributed by atoms with Gasteiger partial charge in [-0.25, -0.2) is 0 Å². The van der Waals surface area contributed by atoms with Gasteiger partial charge in [-0.1, -0.05) is 24.3 Å². The predicted octanol–water partition coefficient (Wildman–Crippen LogP) is 1.49. The van der Waals surface area contributed by atoms with Crippen molar-refractivity contribution < 1.29 is 14.3 Å². The lowest BCUT2D eigenvalue weighted by Crippen LogP contribution is -2.49. The number of carbonyl (C=O) groups is 2. The van der Waals surface area contributed by atoms with E-state index in [0.717, 1.165) is 39.0 Å². The predicted molar refractivity (Wildman–Crippen MR) is 102 cm³/mol. The smallest absolute Gasteiger partial charge is 0.227 e. The zero-order valence-electron chi connectivity index (χ0n) is 15.9. The van der Waals surface area contributed by atoms with E-state index in [-0.39, 0.29) is 17.7 Å². The number of piperidine rings is 1. The largest absolute Gasteiger partial charge is 0.378 e. The van der Waals surface area contributed by atoms with Crippen molar-refractivity contribution >= 4 is 11.8 Å². The molecule has 1 unspecified atom stereocenters. The van der Waals surface area contributed by atoms with Crippen molar-refractivity contribution in [1.82, 2.24) is 14.7 Å². The first-order valence-electron chi connectivity index (χ1n) is 10.1. The molecule has 3 aliphatic rings. The second-order valence-corrected chi connectivity index (χ2v) is 7.85. The van der Waals surface area contributed by atoms with Crippen LogP contribution >= 0.6 is 0 Å². The van der Waals surface area contributed by atoms with Crippen molar-refractivity contribution in [3.05, 3.63) is 35.4 Å². The number of ether oxygens (including phenoxy) is 1. The van der Waals surface area contributed by atoms with E-state index in [2.05, 4.69) is 29.2 Å². The zero-order chi connectivity index (χ0) is 18.6. The highest BCUT2D eigenvalue weighted by Crippen LogP contribution is 2.23. The summed E-state index contributed by atoms with van der Waals surface area (Å²) in [7, 11) is 0. The molecule has 1 aromatic carbocycles. The molecule has 0 aliphatic carbocycles. The fraction of sp³-hybridized carbons (Fsp3) is 0.619. The van der Waals surface area contributed by atoms with Crippen LogP contribution in [0.25, 0.3) is 0 Å². The number of benzene rings is 1. The van der Waals surface area contributed by atoms with Gasteiger partial charge in [-0.3, -0.25) is 14.5 Å². The van der Waals surface area contributed by atoms with Gasteiger partial charge in [-0.15, -0.1) is 0 Å². The van der Waals surface area contributed by atoms with E-state index < -0.39 is 0 Å². The number of amides is 2. The van der Waals surface area contributed by atoms with Crippen LogP contribution < -0.4 is 0 Å². The van der Waals surface area contributed by atoms with Gasteiger partial charge in [-0.2, -0.15) is 0 Å². The minimum Gasteiger partial charge on any atom is -0.378 e. The van der Waals surface area contributed by atoms with Gasteiger partial charge in [-0.05, 0) is 24.0 Å². The first kappa shape index (κ1) is 18.4. The van der Waals surface area contributed by atoms with Gasteiger partial charge >= 0.3 is 0 Å². The maximum Gasteiger partial charge on any atom is 0.227 e. The van der Waals surface area contributed by atoms with Gasteiger partial charge < -0.3 is 14.5 Å². The Morgan fingerprint density at radius 1 is 1.00 bits per heavy atom. The third-order valence-corrected chi connectivity index (χ3v) is 5.99. The standard InChI is InChI=1S/C21H29N3O3/c25-20(7-9-22-14-17-4-1-2-5-18(17)15-22)24-8-3-6-19(16-24)21(26)23-10-12-27-13-11-23/h1-2,4-5,19H,3,6-16H2. The Kier molecular flexibility index (Phi) is 5.74. The molecule has 0 N–H and O–H groups in total. The molecule has 0 aromatic heterocycles. The first-order chi connectivity index (χ1) is 13.2. The molecular formula is C21H29N3O3. The SMILES string of the molecule is O=C(CCN1Cc2ccccc2C1)N1CCCC(C(=O)N2CCOCC2)C1. The summed E-state index contributed by atoms with van der Waals surface area (Å²) in [6.45, 7) is 6.62. The molecular weight excluding hydrogens is 342 g/mol. The summed E-state index contributed by atoms with van der Waals surface area (Å²) >= 11 is 0. The molecule has 6 heteroatoms. The van der Waals surface area contributed by atoms with Crippen LogP contribution in [0.3, 0.4) is 0 Å². The van der Waals surface area contributed by atoms with Gasteiger partial charge in [0.05, 0.1) is 19.1 Å². The summed E-state index contributed by atoms with van der Waals surface area (Å²) < 4.78 is 5.34. The third kappa shape index (κ3) is 4.33. The van der Waals surface area contributed by atoms with Crippen molar-refractivity contribution in [2.24, 2.45) is 5.92 Å². The molecule has 1 aromatic rings. The molecule has 0 spiro atoms. The number of nitrogens with zero attached hydrogens (tertiary/aromatic N) is 3. The van der Waals surface area contributed by atoms with E-state index in [1.54, 1.807) is 0 Å². The molecule has 2 fully saturated rings. The number of morpholine rings is 1. The van der Waals surface area contributed by atoms with Gasteiger partial charge in [0, 0.05) is 52.2 Å². The van der Waals surface area contributed by atoms with Crippen LogP contribution in [-0.2, 0) is 27.4 Å². The molecule has 0 radical (unpaired) electrons. The van der Waals surface area contributed by atoms with E-state index in [9.17, 15) is 9.59 Å². The molecule has 3 heterocycles. The minimum atomic E-state index is -0.0446. The normalized spacial score (nSPS) is 23.3. The monoisotopic (exact) mass is 371 g/mol. The van der Waals surface area contributed by atoms with Crippen molar-refractivity contribution in [1.29, 1.82) is 0 Å². The van der Waals surface area contributed by atoms with E-state index in [1.165, 1.54) is 11.1 Å². The van der Waals surface area contributed by atoms with Gasteiger partial charge in [0.15, 0.2) is 0 Å². The summed E-state index contributed by atoms with van der Waals surface area (Å²) in [5.41, 5.74) is 2.75. The van der Waals surface area contributed by atoms with E-state index in [4.69, 9.17) is 4.74 Å². The molecule has 3 aliphatic heterocycles. The van der Waals surface area contributed by atoms with Crippen molar-refractivity contribution in [3.8, 4) is 0 Å². The van der Waals surface area contributed by atoms with E-state index >= 15 is 0 Å². The average molecular weight is 371 g/mol. The summed E-state index contributed by atoms with van der Waals surface area (Å²) in [5.74, 6) is 0.341. The van der Waals surface area contributed by atoms with Crippen LogP contribution in [0, 0.1) is 5.92 Å². The fourth-order valence-electron chi connectivity index (χ4n) is 4.42. The topological polar surface area (TPSA) is 53.1 Å². The van der Waals surface area contributed by atoms with Gasteiger partial charge in [0.2, 0.25) is 11.8 Å². The Balaban J connectivity index is 1.26. The van der Waals surface area contributed by atoms with Crippen LogP contribution in [0.1, 0.15) is 30.4 Å². The lowest BCUT2D eigenvalue weighted by atomic mass is 9.96. The Morgan fingerprint density at radius 2 is 1.70 bits per heavy atom. The lowest BCUT2D eigenvalue weighted by molar-refractivity contribution is -0.144. The van der Waals surface area contributed by atoms with Gasteiger partial charge in [0.1, 0.15) is 0 Å². The molecule has 6 nitrogen and oxygen atoms in total. The van der Waals surface area contributed by atoms with Crippen molar-refractivity contribution in [3.63, 3.8) is 0 Å². The zero-order valence-corrected chi connectivity index (χ0v) is 15.9. The van der Waals surface area contributed by atoms with Gasteiger partial charge in [0.25, 0.3) is 0 Å². The second-order valence-electron chi connectivity index (χ2n) is 7.85. The average Bonchev–Trinajstić information content (AvgIpc) is 3.15. The van der Waals surface area contributed by atoms with E-state index in [0.29, 0.717) is 39.3 Å². The Bertz CT molecular complexity index is 662. The maximum absolute atomic E-state index is 12.7. The maximum atomic E-state index is 12.7. The Morgan fingerprint density at radius 3 is 2.41 bits per heavy atom. The number of rotatable bonds is 4. The number of fused-ring (bicyclic) bond motifs is 1. The van der Waals surface area contributed by atoms with Crippen molar-refractivity contribution in [2.75, 3.05) is 45.9 Å². The highest BCUT2D eigenvalue weighted by molar-refractivity contribution is 5.81. The molecule has 2 saturated heterocycles. The first-order valence-corrected chi connectivity index (χ1v) is 10.1. The molecule has 1 atom stereocenters.